The Hall–Kier alpha value is -1.17. The number of halogens is 2. The highest BCUT2D eigenvalue weighted by Crippen LogP contribution is 2.25. The summed E-state index contributed by atoms with van der Waals surface area (Å²) in [5, 5.41) is 3.09. The van der Waals surface area contributed by atoms with Gasteiger partial charge in [0.2, 0.25) is 0 Å². The second-order valence-electron chi connectivity index (χ2n) is 2.49. The molecular weight excluding hydrogens is 221 g/mol. The summed E-state index contributed by atoms with van der Waals surface area (Å²) < 4.78 is 0. The van der Waals surface area contributed by atoms with Crippen molar-refractivity contribution in [3.05, 3.63) is 33.8 Å². The van der Waals surface area contributed by atoms with Crippen molar-refractivity contribution < 1.29 is 4.79 Å². The Kier molecular flexibility index (Phi) is 3.82. The number of terminal acetylenes is 1. The van der Waals surface area contributed by atoms with Crippen LogP contribution in [-0.2, 0) is 0 Å². The lowest BCUT2D eigenvalue weighted by Crippen LogP contribution is -2.23. The molecule has 72 valence electrons. The van der Waals surface area contributed by atoms with Gasteiger partial charge >= 0.3 is 0 Å². The van der Waals surface area contributed by atoms with Gasteiger partial charge in [-0.05, 0) is 12.1 Å². The van der Waals surface area contributed by atoms with Crippen LogP contribution in [0.1, 0.15) is 10.4 Å². The van der Waals surface area contributed by atoms with E-state index >= 15 is 0 Å². The molecule has 0 aliphatic rings. The summed E-state index contributed by atoms with van der Waals surface area (Å²) in [5.74, 6) is 1.97. The number of amides is 1. The number of benzene rings is 1. The topological polar surface area (TPSA) is 29.1 Å². The summed E-state index contributed by atoms with van der Waals surface area (Å²) in [6.45, 7) is 0.168. The molecular formula is C10H7Cl2NO. The van der Waals surface area contributed by atoms with E-state index < -0.39 is 0 Å². The number of rotatable bonds is 2. The molecule has 0 aromatic heterocycles. The Bertz CT molecular complexity index is 396. The monoisotopic (exact) mass is 227 g/mol. The first kappa shape index (κ1) is 10.9. The molecule has 0 aliphatic heterocycles. The van der Waals surface area contributed by atoms with Crippen LogP contribution in [0.15, 0.2) is 18.2 Å². The lowest BCUT2D eigenvalue weighted by Gasteiger charge is -2.04. The quantitative estimate of drug-likeness (QED) is 0.773. The average molecular weight is 228 g/mol. The van der Waals surface area contributed by atoms with Crippen LogP contribution in [0.2, 0.25) is 10.0 Å². The van der Waals surface area contributed by atoms with Gasteiger partial charge in [-0.1, -0.05) is 35.2 Å². The molecule has 1 amide bonds. The first-order chi connectivity index (χ1) is 6.66. The molecule has 1 N–H and O–H groups in total. The van der Waals surface area contributed by atoms with Gasteiger partial charge in [-0.15, -0.1) is 6.42 Å². The zero-order valence-corrected chi connectivity index (χ0v) is 8.69. The molecule has 14 heavy (non-hydrogen) atoms. The average Bonchev–Trinajstić information content (AvgIpc) is 2.18. The van der Waals surface area contributed by atoms with Gasteiger partial charge < -0.3 is 5.32 Å². The van der Waals surface area contributed by atoms with Crippen LogP contribution in [0.5, 0.6) is 0 Å². The molecule has 0 atom stereocenters. The van der Waals surface area contributed by atoms with Crippen LogP contribution < -0.4 is 5.32 Å². The minimum Gasteiger partial charge on any atom is -0.341 e. The number of nitrogens with one attached hydrogen (secondary N) is 1. The molecule has 0 fully saturated rings. The highest BCUT2D eigenvalue weighted by atomic mass is 35.5. The molecule has 4 heteroatoms. The van der Waals surface area contributed by atoms with Crippen molar-refractivity contribution >= 4 is 29.1 Å². The SMILES string of the molecule is C#CCNC(=O)c1cccc(Cl)c1Cl. The van der Waals surface area contributed by atoms with E-state index in [4.69, 9.17) is 29.6 Å². The predicted octanol–water partition coefficient (Wildman–Crippen LogP) is 2.36. The summed E-state index contributed by atoms with van der Waals surface area (Å²) in [4.78, 5) is 11.4. The minimum atomic E-state index is -0.324. The Balaban J connectivity index is 2.91. The van der Waals surface area contributed by atoms with Crippen LogP contribution in [0.25, 0.3) is 0 Å². The zero-order chi connectivity index (χ0) is 10.6. The molecule has 1 rings (SSSR count). The molecule has 0 radical (unpaired) electrons. The van der Waals surface area contributed by atoms with E-state index in [-0.39, 0.29) is 17.5 Å². The van der Waals surface area contributed by atoms with Crippen molar-refractivity contribution in [3.8, 4) is 12.3 Å². The summed E-state index contributed by atoms with van der Waals surface area (Å²) in [6, 6.07) is 4.85. The fraction of sp³-hybridized carbons (Fsp3) is 0.100. The second kappa shape index (κ2) is 4.90. The van der Waals surface area contributed by atoms with Gasteiger partial charge in [0.05, 0.1) is 22.2 Å². The highest BCUT2D eigenvalue weighted by molar-refractivity contribution is 6.43. The largest absolute Gasteiger partial charge is 0.341 e. The number of carbonyl (C=O) groups excluding carboxylic acids is 1. The molecule has 1 aromatic rings. The zero-order valence-electron chi connectivity index (χ0n) is 7.18. The van der Waals surface area contributed by atoms with Crippen molar-refractivity contribution in [3.63, 3.8) is 0 Å². The van der Waals surface area contributed by atoms with Gasteiger partial charge in [-0.25, -0.2) is 0 Å². The Morgan fingerprint density at radius 1 is 1.50 bits per heavy atom. The molecule has 0 heterocycles. The molecule has 0 saturated carbocycles. The standard InChI is InChI=1S/C10H7Cl2NO/c1-2-6-13-10(14)7-4-3-5-8(11)9(7)12/h1,3-5H,6H2,(H,13,14). The highest BCUT2D eigenvalue weighted by Gasteiger charge is 2.10. The number of carbonyl (C=O) groups is 1. The van der Waals surface area contributed by atoms with Crippen molar-refractivity contribution in [2.75, 3.05) is 6.54 Å². The van der Waals surface area contributed by atoms with Crippen LogP contribution >= 0.6 is 23.2 Å². The first-order valence-electron chi connectivity index (χ1n) is 3.82. The van der Waals surface area contributed by atoms with Gasteiger partial charge in [-0.2, -0.15) is 0 Å². The predicted molar refractivity (Wildman–Crippen MR) is 57.6 cm³/mol. The maximum Gasteiger partial charge on any atom is 0.253 e. The second-order valence-corrected chi connectivity index (χ2v) is 3.27. The molecule has 0 unspecified atom stereocenters. The van der Waals surface area contributed by atoms with E-state index in [1.165, 1.54) is 0 Å². The molecule has 2 nitrogen and oxygen atoms in total. The number of hydrogen-bond donors (Lipinski definition) is 1. The molecule has 0 aliphatic carbocycles. The van der Waals surface area contributed by atoms with Crippen molar-refractivity contribution in [1.82, 2.24) is 5.32 Å². The van der Waals surface area contributed by atoms with E-state index in [0.29, 0.717) is 10.6 Å². The van der Waals surface area contributed by atoms with Crippen LogP contribution in [0, 0.1) is 12.3 Å². The van der Waals surface area contributed by atoms with Crippen molar-refractivity contribution in [2.45, 2.75) is 0 Å². The fourth-order valence-corrected chi connectivity index (χ4v) is 1.29. The molecule has 0 saturated heterocycles. The van der Waals surface area contributed by atoms with Gasteiger partial charge in [0.25, 0.3) is 5.91 Å². The number of hydrogen-bond acceptors (Lipinski definition) is 1. The lowest BCUT2D eigenvalue weighted by atomic mass is 10.2. The van der Waals surface area contributed by atoms with E-state index in [1.54, 1.807) is 18.2 Å². The van der Waals surface area contributed by atoms with Gasteiger partial charge in [-0.3, -0.25) is 4.79 Å². The van der Waals surface area contributed by atoms with Crippen LogP contribution in [0.3, 0.4) is 0 Å². The van der Waals surface area contributed by atoms with E-state index in [9.17, 15) is 4.79 Å². The Morgan fingerprint density at radius 2 is 2.21 bits per heavy atom. The molecule has 0 bridgehead atoms. The fourth-order valence-electron chi connectivity index (χ4n) is 0.906. The maximum atomic E-state index is 11.4. The first-order valence-corrected chi connectivity index (χ1v) is 4.58. The summed E-state index contributed by atoms with van der Waals surface area (Å²) in [7, 11) is 0. The van der Waals surface area contributed by atoms with E-state index in [1.807, 2.05) is 0 Å². The van der Waals surface area contributed by atoms with E-state index in [2.05, 4.69) is 11.2 Å². The molecule has 0 spiro atoms. The maximum absolute atomic E-state index is 11.4. The van der Waals surface area contributed by atoms with Crippen LogP contribution in [0.4, 0.5) is 0 Å². The van der Waals surface area contributed by atoms with Gasteiger partial charge in [0.15, 0.2) is 0 Å². The van der Waals surface area contributed by atoms with Crippen molar-refractivity contribution in [1.29, 1.82) is 0 Å². The summed E-state index contributed by atoms with van der Waals surface area (Å²) in [5.41, 5.74) is 0.328. The smallest absolute Gasteiger partial charge is 0.253 e. The normalized spacial score (nSPS) is 9.21. The third kappa shape index (κ3) is 2.41. The molecule has 1 aromatic carbocycles. The Labute approximate surface area is 92.2 Å². The van der Waals surface area contributed by atoms with Crippen LogP contribution in [-0.4, -0.2) is 12.5 Å². The summed E-state index contributed by atoms with van der Waals surface area (Å²) in [6.07, 6.45) is 5.00. The van der Waals surface area contributed by atoms with Gasteiger partial charge in [0, 0.05) is 0 Å². The minimum absolute atomic E-state index is 0.168. The summed E-state index contributed by atoms with van der Waals surface area (Å²) >= 11 is 11.6. The van der Waals surface area contributed by atoms with E-state index in [0.717, 1.165) is 0 Å². The van der Waals surface area contributed by atoms with Gasteiger partial charge in [0.1, 0.15) is 0 Å². The third-order valence-corrected chi connectivity index (χ3v) is 2.37. The lowest BCUT2D eigenvalue weighted by molar-refractivity contribution is 0.0959. The van der Waals surface area contributed by atoms with Crippen molar-refractivity contribution in [2.24, 2.45) is 0 Å². The Morgan fingerprint density at radius 3 is 2.86 bits per heavy atom. The third-order valence-electron chi connectivity index (χ3n) is 1.55.